The highest BCUT2D eigenvalue weighted by Gasteiger charge is 2.29. The second kappa shape index (κ2) is 9.01. The number of carbonyl (C=O) groups is 1. The predicted octanol–water partition coefficient (Wildman–Crippen LogP) is 2.29. The maximum Gasteiger partial charge on any atom is 0.223 e. The summed E-state index contributed by atoms with van der Waals surface area (Å²) in [7, 11) is 3.70. The Balaban J connectivity index is 1.53. The molecule has 1 amide bonds. The summed E-state index contributed by atoms with van der Waals surface area (Å²) < 4.78 is 5.29. The molecule has 7 heteroatoms. The molecule has 1 fully saturated rings. The van der Waals surface area contributed by atoms with E-state index < -0.39 is 0 Å². The van der Waals surface area contributed by atoms with Gasteiger partial charge in [-0.25, -0.2) is 9.97 Å². The molecule has 0 saturated carbocycles. The Morgan fingerprint density at radius 2 is 2.25 bits per heavy atom. The number of nitrogens with two attached hydrogens (primary N) is 1. The molecule has 0 bridgehead atoms. The highest BCUT2D eigenvalue weighted by atomic mass is 16.5. The average molecular weight is 383 g/mol. The Morgan fingerprint density at radius 1 is 1.43 bits per heavy atom. The monoisotopic (exact) mass is 383 g/mol. The van der Waals surface area contributed by atoms with Gasteiger partial charge in [-0.3, -0.25) is 9.69 Å². The molecule has 3 rings (SSSR count). The molecule has 0 spiro atoms. The van der Waals surface area contributed by atoms with Crippen LogP contribution in [-0.2, 0) is 11.3 Å². The number of likely N-dealkylation sites (tertiary alicyclic amines) is 1. The lowest BCUT2D eigenvalue weighted by Crippen LogP contribution is -2.36. The minimum Gasteiger partial charge on any atom is -0.497 e. The largest absolute Gasteiger partial charge is 0.497 e. The predicted molar refractivity (Wildman–Crippen MR) is 109 cm³/mol. The molecule has 1 saturated heterocycles. The summed E-state index contributed by atoms with van der Waals surface area (Å²) in [6, 6.07) is 9.93. The number of carbonyl (C=O) groups excluding carboxylic acids is 1. The lowest BCUT2D eigenvalue weighted by atomic mass is 9.97. The van der Waals surface area contributed by atoms with Crippen molar-refractivity contribution in [1.29, 1.82) is 0 Å². The number of nitrogens with zero attached hydrogens (tertiary/aromatic N) is 4. The van der Waals surface area contributed by atoms with Gasteiger partial charge in [0.1, 0.15) is 17.4 Å². The molecule has 2 heterocycles. The van der Waals surface area contributed by atoms with E-state index in [-0.39, 0.29) is 11.8 Å². The zero-order valence-electron chi connectivity index (χ0n) is 16.8. The Hall–Kier alpha value is -2.67. The summed E-state index contributed by atoms with van der Waals surface area (Å²) in [5.41, 5.74) is 6.86. The molecule has 2 aromatic rings. The van der Waals surface area contributed by atoms with Crippen LogP contribution < -0.4 is 10.5 Å². The van der Waals surface area contributed by atoms with E-state index in [0.29, 0.717) is 30.6 Å². The van der Waals surface area contributed by atoms with Crippen molar-refractivity contribution < 1.29 is 9.53 Å². The van der Waals surface area contributed by atoms with Crippen LogP contribution in [0.25, 0.3) is 0 Å². The van der Waals surface area contributed by atoms with Crippen molar-refractivity contribution in [1.82, 2.24) is 19.8 Å². The van der Waals surface area contributed by atoms with Crippen molar-refractivity contribution in [3.05, 3.63) is 47.9 Å². The highest BCUT2D eigenvalue weighted by molar-refractivity contribution is 5.77. The standard InChI is InChI=1S/C21H29N5O2/c1-15(16-5-4-6-18(12-16)28-3)11-21(27)26-10-8-17(13-26)25(2)14-20-23-9-7-19(22)24-20/h4-7,9,12,15,17H,8,10-11,13-14H2,1-3H3,(H2,22,23,24)/t15-,17+/m0/s1. The normalized spacial score (nSPS) is 17.7. The van der Waals surface area contributed by atoms with Gasteiger partial charge >= 0.3 is 0 Å². The fraction of sp³-hybridized carbons (Fsp3) is 0.476. The van der Waals surface area contributed by atoms with Gasteiger partial charge in [0.05, 0.1) is 13.7 Å². The number of anilines is 1. The number of ether oxygens (including phenoxy) is 1. The summed E-state index contributed by atoms with van der Waals surface area (Å²) in [6.07, 6.45) is 3.13. The Bertz CT molecular complexity index is 813. The highest BCUT2D eigenvalue weighted by Crippen LogP contribution is 2.25. The van der Waals surface area contributed by atoms with Gasteiger partial charge in [-0.1, -0.05) is 19.1 Å². The van der Waals surface area contributed by atoms with Crippen LogP contribution in [0.2, 0.25) is 0 Å². The Labute approximate surface area is 166 Å². The first-order valence-electron chi connectivity index (χ1n) is 9.65. The number of hydrogen-bond acceptors (Lipinski definition) is 6. The second-order valence-corrected chi connectivity index (χ2v) is 7.48. The zero-order valence-corrected chi connectivity index (χ0v) is 16.8. The molecule has 1 aromatic heterocycles. The third-order valence-corrected chi connectivity index (χ3v) is 5.40. The molecule has 2 N–H and O–H groups in total. The first kappa shape index (κ1) is 20.1. The summed E-state index contributed by atoms with van der Waals surface area (Å²) >= 11 is 0. The molecule has 2 atom stereocenters. The minimum absolute atomic E-state index is 0.153. The zero-order chi connectivity index (χ0) is 20.1. The number of nitrogen functional groups attached to an aromatic ring is 1. The molecule has 28 heavy (non-hydrogen) atoms. The number of likely N-dealkylation sites (N-methyl/N-ethyl adjacent to an activating group) is 1. The number of amides is 1. The van der Waals surface area contributed by atoms with Gasteiger partial charge in [0, 0.05) is 31.7 Å². The van der Waals surface area contributed by atoms with Crippen LogP contribution in [0.5, 0.6) is 5.75 Å². The van der Waals surface area contributed by atoms with Gasteiger partial charge in [-0.2, -0.15) is 0 Å². The molecule has 0 unspecified atom stereocenters. The van der Waals surface area contributed by atoms with Crippen LogP contribution >= 0.6 is 0 Å². The average Bonchev–Trinajstić information content (AvgIpc) is 3.18. The smallest absolute Gasteiger partial charge is 0.223 e. The Morgan fingerprint density at radius 3 is 3.00 bits per heavy atom. The van der Waals surface area contributed by atoms with Crippen molar-refractivity contribution in [3.63, 3.8) is 0 Å². The third-order valence-electron chi connectivity index (χ3n) is 5.40. The van der Waals surface area contributed by atoms with Crippen LogP contribution in [0.1, 0.15) is 37.1 Å². The van der Waals surface area contributed by atoms with E-state index in [2.05, 4.69) is 21.8 Å². The molecule has 1 aliphatic rings. The summed E-state index contributed by atoms with van der Waals surface area (Å²) in [4.78, 5) is 25.5. The van der Waals surface area contributed by atoms with Gasteiger partial charge in [0.15, 0.2) is 0 Å². The van der Waals surface area contributed by atoms with Gasteiger partial charge in [0.2, 0.25) is 5.91 Å². The van der Waals surface area contributed by atoms with Crippen LogP contribution in [0.15, 0.2) is 36.5 Å². The number of rotatable bonds is 7. The summed E-state index contributed by atoms with van der Waals surface area (Å²) in [6.45, 7) is 4.24. The molecule has 0 radical (unpaired) electrons. The SMILES string of the molecule is COc1cccc([C@@H](C)CC(=O)N2CC[C@@H](N(C)Cc3nccc(N)n3)C2)c1. The Kier molecular flexibility index (Phi) is 6.46. The van der Waals surface area contributed by atoms with Gasteiger partial charge < -0.3 is 15.4 Å². The van der Waals surface area contributed by atoms with E-state index in [4.69, 9.17) is 10.5 Å². The van der Waals surface area contributed by atoms with Crippen LogP contribution in [0.3, 0.4) is 0 Å². The molecule has 1 aromatic carbocycles. The minimum atomic E-state index is 0.153. The molecule has 7 nitrogen and oxygen atoms in total. The van der Waals surface area contributed by atoms with Gasteiger partial charge in [-0.15, -0.1) is 0 Å². The van der Waals surface area contributed by atoms with E-state index in [1.165, 1.54) is 0 Å². The molecule has 0 aliphatic carbocycles. The van der Waals surface area contributed by atoms with E-state index in [1.54, 1.807) is 19.4 Å². The second-order valence-electron chi connectivity index (χ2n) is 7.48. The van der Waals surface area contributed by atoms with Crippen molar-refractivity contribution in [2.75, 3.05) is 33.0 Å². The van der Waals surface area contributed by atoms with E-state index in [1.807, 2.05) is 36.2 Å². The van der Waals surface area contributed by atoms with Crippen molar-refractivity contribution in [2.24, 2.45) is 0 Å². The lowest BCUT2D eigenvalue weighted by Gasteiger charge is -2.24. The van der Waals surface area contributed by atoms with Gasteiger partial charge in [0.25, 0.3) is 0 Å². The van der Waals surface area contributed by atoms with E-state index in [0.717, 1.165) is 30.8 Å². The maximum absolute atomic E-state index is 12.8. The summed E-state index contributed by atoms with van der Waals surface area (Å²) in [5.74, 6) is 2.36. The van der Waals surface area contributed by atoms with Crippen molar-refractivity contribution >= 4 is 11.7 Å². The fourth-order valence-corrected chi connectivity index (χ4v) is 3.63. The number of hydrogen-bond donors (Lipinski definition) is 1. The molecular formula is C21H29N5O2. The van der Waals surface area contributed by atoms with Gasteiger partial charge in [-0.05, 0) is 43.1 Å². The number of aromatic nitrogens is 2. The lowest BCUT2D eigenvalue weighted by molar-refractivity contribution is -0.130. The summed E-state index contributed by atoms with van der Waals surface area (Å²) in [5, 5.41) is 0. The first-order chi connectivity index (χ1) is 13.5. The van der Waals surface area contributed by atoms with Crippen LogP contribution in [0.4, 0.5) is 5.82 Å². The van der Waals surface area contributed by atoms with Crippen molar-refractivity contribution in [3.8, 4) is 5.75 Å². The van der Waals surface area contributed by atoms with Crippen LogP contribution in [0, 0.1) is 0 Å². The number of methoxy groups -OCH3 is 1. The molecule has 150 valence electrons. The van der Waals surface area contributed by atoms with E-state index in [9.17, 15) is 4.79 Å². The van der Waals surface area contributed by atoms with Crippen molar-refractivity contribution in [2.45, 2.75) is 38.3 Å². The number of benzene rings is 1. The quantitative estimate of drug-likeness (QED) is 0.790. The first-order valence-corrected chi connectivity index (χ1v) is 9.65. The fourth-order valence-electron chi connectivity index (χ4n) is 3.63. The molecular weight excluding hydrogens is 354 g/mol. The van der Waals surface area contributed by atoms with E-state index >= 15 is 0 Å². The maximum atomic E-state index is 12.8. The molecule has 1 aliphatic heterocycles. The third kappa shape index (κ3) is 4.98. The topological polar surface area (TPSA) is 84.6 Å². The van der Waals surface area contributed by atoms with Crippen LogP contribution in [-0.4, -0.2) is 59.0 Å².